The van der Waals surface area contributed by atoms with E-state index in [4.69, 9.17) is 0 Å². The van der Waals surface area contributed by atoms with Gasteiger partial charge < -0.3 is 10.2 Å². The summed E-state index contributed by atoms with van der Waals surface area (Å²) in [4.78, 5) is 1.25. The Labute approximate surface area is 159 Å². The molecule has 1 heterocycles. The fourth-order valence-corrected chi connectivity index (χ4v) is 6.81. The summed E-state index contributed by atoms with van der Waals surface area (Å²) in [7, 11) is 0. The molecule has 2 fully saturated rings. The summed E-state index contributed by atoms with van der Waals surface area (Å²) >= 11 is 1.75. The van der Waals surface area contributed by atoms with E-state index < -0.39 is 0 Å². The van der Waals surface area contributed by atoms with E-state index >= 15 is 0 Å². The molecule has 0 bridgehead atoms. The van der Waals surface area contributed by atoms with Crippen LogP contribution in [0.25, 0.3) is 6.08 Å². The van der Waals surface area contributed by atoms with Crippen molar-refractivity contribution in [3.05, 3.63) is 57.3 Å². The van der Waals surface area contributed by atoms with E-state index in [0.29, 0.717) is 23.5 Å². The van der Waals surface area contributed by atoms with Crippen molar-refractivity contribution in [2.45, 2.75) is 51.0 Å². The Kier molecular flexibility index (Phi) is 3.81. The molecule has 2 nitrogen and oxygen atoms in total. The SMILES string of the molecule is C[C@]12CC[C@@H]3c4ccc(O)cc4CC[C@H]3[C@@H]1C/C(=C\c1cccs1)[C@@H]2O. The van der Waals surface area contributed by atoms with E-state index in [1.807, 2.05) is 12.1 Å². The lowest BCUT2D eigenvalue weighted by molar-refractivity contribution is -0.0158. The van der Waals surface area contributed by atoms with E-state index in [0.717, 1.165) is 25.7 Å². The molecule has 1 aromatic carbocycles. The van der Waals surface area contributed by atoms with Gasteiger partial charge in [0.1, 0.15) is 5.75 Å². The Morgan fingerprint density at radius 3 is 2.92 bits per heavy atom. The molecule has 0 radical (unpaired) electrons. The first-order valence-corrected chi connectivity index (χ1v) is 10.7. The smallest absolute Gasteiger partial charge is 0.115 e. The fourth-order valence-electron chi connectivity index (χ4n) is 6.12. The molecule has 0 unspecified atom stereocenters. The van der Waals surface area contributed by atoms with Gasteiger partial charge in [-0.3, -0.25) is 0 Å². The van der Waals surface area contributed by atoms with Gasteiger partial charge in [-0.25, -0.2) is 0 Å². The van der Waals surface area contributed by atoms with Crippen molar-refractivity contribution in [1.82, 2.24) is 0 Å². The summed E-state index contributed by atoms with van der Waals surface area (Å²) in [5, 5.41) is 23.1. The van der Waals surface area contributed by atoms with Gasteiger partial charge in [0.05, 0.1) is 6.10 Å². The lowest BCUT2D eigenvalue weighted by Gasteiger charge is -2.49. The zero-order valence-corrected chi connectivity index (χ0v) is 16.0. The lowest BCUT2D eigenvalue weighted by Crippen LogP contribution is -2.44. The number of fused-ring (bicyclic) bond motifs is 5. The first kappa shape index (κ1) is 16.6. The summed E-state index contributed by atoms with van der Waals surface area (Å²) in [6.45, 7) is 2.32. The van der Waals surface area contributed by atoms with E-state index in [1.165, 1.54) is 28.0 Å². The summed E-state index contributed by atoms with van der Waals surface area (Å²) < 4.78 is 0. The average Bonchev–Trinajstić information content (AvgIpc) is 3.23. The Balaban J connectivity index is 1.49. The molecular formula is C23H26O2S. The second kappa shape index (κ2) is 5.97. The number of aryl methyl sites for hydroxylation is 1. The molecule has 3 aliphatic carbocycles. The molecule has 0 aliphatic heterocycles. The fraction of sp³-hybridized carbons (Fsp3) is 0.478. The lowest BCUT2D eigenvalue weighted by atomic mass is 9.55. The van der Waals surface area contributed by atoms with Gasteiger partial charge in [0.25, 0.3) is 0 Å². The van der Waals surface area contributed by atoms with Crippen molar-refractivity contribution in [3.8, 4) is 5.75 Å². The van der Waals surface area contributed by atoms with Gasteiger partial charge >= 0.3 is 0 Å². The number of benzene rings is 1. The van der Waals surface area contributed by atoms with E-state index in [-0.39, 0.29) is 11.5 Å². The minimum atomic E-state index is -0.309. The molecule has 3 aliphatic rings. The molecule has 0 amide bonds. The standard InChI is InChI=1S/C23H26O2S/c1-23-9-8-19-18-7-5-16(24)11-14(18)4-6-20(19)21(23)13-15(22(23)25)12-17-3-2-10-26-17/h2-3,5,7,10-12,19-22,24-25H,4,6,8-9,13H2,1H3/b15-12+/t19-,20-,21+,22+,23+/m1/s1. The second-order valence-corrected chi connectivity index (χ2v) is 9.66. The van der Waals surface area contributed by atoms with Gasteiger partial charge in [0.2, 0.25) is 0 Å². The minimum Gasteiger partial charge on any atom is -0.508 e. The van der Waals surface area contributed by atoms with Gasteiger partial charge in [0.15, 0.2) is 0 Å². The molecule has 2 saturated carbocycles. The Bertz CT molecular complexity index is 853. The second-order valence-electron chi connectivity index (χ2n) is 8.68. The van der Waals surface area contributed by atoms with Gasteiger partial charge in [-0.15, -0.1) is 11.3 Å². The molecule has 0 spiro atoms. The van der Waals surface area contributed by atoms with Crippen LogP contribution in [-0.2, 0) is 6.42 Å². The normalized spacial score (nSPS) is 37.2. The van der Waals surface area contributed by atoms with Crippen LogP contribution in [0.4, 0.5) is 0 Å². The molecule has 0 saturated heterocycles. The monoisotopic (exact) mass is 366 g/mol. The van der Waals surface area contributed by atoms with Crippen LogP contribution in [0.1, 0.15) is 54.5 Å². The van der Waals surface area contributed by atoms with Gasteiger partial charge in [-0.1, -0.05) is 19.1 Å². The highest BCUT2D eigenvalue weighted by Crippen LogP contribution is 2.62. The molecule has 136 valence electrons. The van der Waals surface area contributed by atoms with Crippen LogP contribution < -0.4 is 0 Å². The van der Waals surface area contributed by atoms with E-state index in [2.05, 4.69) is 36.6 Å². The third-order valence-electron chi connectivity index (χ3n) is 7.45. The number of thiophene rings is 1. The number of rotatable bonds is 1. The van der Waals surface area contributed by atoms with Gasteiger partial charge in [-0.2, -0.15) is 0 Å². The average molecular weight is 367 g/mol. The van der Waals surface area contributed by atoms with Crippen LogP contribution in [0.15, 0.2) is 41.3 Å². The summed E-state index contributed by atoms with van der Waals surface area (Å²) in [6, 6.07) is 10.2. The number of phenols is 1. The highest BCUT2D eigenvalue weighted by molar-refractivity contribution is 7.10. The van der Waals surface area contributed by atoms with Gasteiger partial charge in [-0.05, 0) is 96.2 Å². The van der Waals surface area contributed by atoms with Gasteiger partial charge in [0, 0.05) is 10.3 Å². The number of hydrogen-bond donors (Lipinski definition) is 2. The highest BCUT2D eigenvalue weighted by atomic mass is 32.1. The molecular weight excluding hydrogens is 340 g/mol. The van der Waals surface area contributed by atoms with Crippen LogP contribution >= 0.6 is 11.3 Å². The largest absolute Gasteiger partial charge is 0.508 e. The van der Waals surface area contributed by atoms with Crippen molar-refractivity contribution >= 4 is 17.4 Å². The maximum atomic E-state index is 11.2. The predicted octanol–water partition coefficient (Wildman–Crippen LogP) is 5.36. The van der Waals surface area contributed by atoms with Crippen molar-refractivity contribution in [2.24, 2.45) is 17.3 Å². The molecule has 5 rings (SSSR count). The molecule has 1 aromatic heterocycles. The van der Waals surface area contributed by atoms with Crippen molar-refractivity contribution in [3.63, 3.8) is 0 Å². The summed E-state index contributed by atoms with van der Waals surface area (Å²) in [5.74, 6) is 2.19. The summed E-state index contributed by atoms with van der Waals surface area (Å²) in [5.41, 5.74) is 4.03. The molecule has 5 atom stereocenters. The number of aliphatic hydroxyl groups is 1. The minimum absolute atomic E-state index is 0.0126. The van der Waals surface area contributed by atoms with Crippen molar-refractivity contribution in [2.75, 3.05) is 0 Å². The third-order valence-corrected chi connectivity index (χ3v) is 8.27. The first-order valence-electron chi connectivity index (χ1n) is 9.80. The maximum Gasteiger partial charge on any atom is 0.115 e. The molecule has 3 heteroatoms. The number of phenolic OH excluding ortho intramolecular Hbond substituents is 1. The zero-order chi connectivity index (χ0) is 17.9. The molecule has 26 heavy (non-hydrogen) atoms. The number of hydrogen-bond acceptors (Lipinski definition) is 3. The van der Waals surface area contributed by atoms with E-state index in [9.17, 15) is 10.2 Å². The summed E-state index contributed by atoms with van der Waals surface area (Å²) in [6.07, 6.45) is 7.43. The molecule has 2 aromatic rings. The zero-order valence-electron chi connectivity index (χ0n) is 15.2. The van der Waals surface area contributed by atoms with Crippen LogP contribution in [0, 0.1) is 17.3 Å². The first-order chi connectivity index (χ1) is 12.6. The van der Waals surface area contributed by atoms with Crippen molar-refractivity contribution in [1.29, 1.82) is 0 Å². The van der Waals surface area contributed by atoms with Crippen LogP contribution in [0.3, 0.4) is 0 Å². The third kappa shape index (κ3) is 2.40. The van der Waals surface area contributed by atoms with Crippen LogP contribution in [0.5, 0.6) is 5.75 Å². The molecule has 2 N–H and O–H groups in total. The Morgan fingerprint density at radius 1 is 1.23 bits per heavy atom. The topological polar surface area (TPSA) is 40.5 Å². The van der Waals surface area contributed by atoms with E-state index in [1.54, 1.807) is 11.3 Å². The quantitative estimate of drug-likeness (QED) is 0.713. The van der Waals surface area contributed by atoms with Crippen LogP contribution in [0.2, 0.25) is 0 Å². The number of aromatic hydroxyl groups is 1. The number of aliphatic hydroxyl groups excluding tert-OH is 1. The Morgan fingerprint density at radius 2 is 2.12 bits per heavy atom. The van der Waals surface area contributed by atoms with Crippen molar-refractivity contribution < 1.29 is 10.2 Å². The Hall–Kier alpha value is -1.58. The predicted molar refractivity (Wildman–Crippen MR) is 106 cm³/mol. The maximum absolute atomic E-state index is 11.2. The van der Waals surface area contributed by atoms with Crippen LogP contribution in [-0.4, -0.2) is 16.3 Å². The highest BCUT2D eigenvalue weighted by Gasteiger charge is 2.56.